The van der Waals surface area contributed by atoms with Gasteiger partial charge in [-0.1, -0.05) is 18.9 Å². The highest BCUT2D eigenvalue weighted by atomic mass is 127. The van der Waals surface area contributed by atoms with E-state index in [1.807, 2.05) is 6.07 Å². The fourth-order valence-corrected chi connectivity index (χ4v) is 4.19. The van der Waals surface area contributed by atoms with Crippen LogP contribution in [-0.4, -0.2) is 80.0 Å². The molecule has 1 saturated heterocycles. The largest absolute Gasteiger partial charge is 0.493 e. The number of methoxy groups -OCH3 is 2. The van der Waals surface area contributed by atoms with E-state index in [-0.39, 0.29) is 24.0 Å². The molecule has 1 aromatic rings. The van der Waals surface area contributed by atoms with Crippen molar-refractivity contribution in [2.45, 2.75) is 44.8 Å². The number of hydrogen-bond acceptors (Lipinski definition) is 5. The summed E-state index contributed by atoms with van der Waals surface area (Å²) in [5, 5.41) is 14.0. The summed E-state index contributed by atoms with van der Waals surface area (Å²) in [4.78, 5) is 9.54. The van der Waals surface area contributed by atoms with Gasteiger partial charge in [-0.3, -0.25) is 9.89 Å². The van der Waals surface area contributed by atoms with E-state index in [2.05, 4.69) is 34.2 Å². The Balaban J connectivity index is 0.00000320. The second kappa shape index (κ2) is 12.0. The molecule has 2 N–H and O–H groups in total. The van der Waals surface area contributed by atoms with Crippen LogP contribution in [0.25, 0.3) is 0 Å². The van der Waals surface area contributed by atoms with Gasteiger partial charge in [-0.15, -0.1) is 24.0 Å². The Morgan fingerprint density at radius 2 is 1.77 bits per heavy atom. The van der Waals surface area contributed by atoms with Crippen molar-refractivity contribution in [3.63, 3.8) is 0 Å². The van der Waals surface area contributed by atoms with Gasteiger partial charge in [0.1, 0.15) is 0 Å². The number of aliphatic imine (C=N–C) groups is 1. The number of piperazine rings is 1. The second-order valence-electron chi connectivity index (χ2n) is 8.05. The van der Waals surface area contributed by atoms with Crippen molar-refractivity contribution in [2.24, 2.45) is 4.99 Å². The van der Waals surface area contributed by atoms with Crippen molar-refractivity contribution in [3.8, 4) is 11.5 Å². The average Bonchev–Trinajstić information content (AvgIpc) is 3.18. The van der Waals surface area contributed by atoms with Crippen LogP contribution in [0.15, 0.2) is 23.2 Å². The SMILES string of the molecule is CCNC(=NCC1(O)CCCC1)N1CCN(Cc2ccc(OC)c(OC)c2)CC1.I. The topological polar surface area (TPSA) is 69.6 Å². The van der Waals surface area contributed by atoms with Crippen LogP contribution in [0.2, 0.25) is 0 Å². The number of halogens is 1. The van der Waals surface area contributed by atoms with E-state index in [1.165, 1.54) is 5.56 Å². The van der Waals surface area contributed by atoms with Crippen molar-refractivity contribution in [2.75, 3.05) is 53.5 Å². The lowest BCUT2D eigenvalue weighted by Crippen LogP contribution is -2.52. The molecular formula is C22H37IN4O3. The summed E-state index contributed by atoms with van der Waals surface area (Å²) in [5.74, 6) is 2.46. The minimum Gasteiger partial charge on any atom is -0.493 e. The molecule has 1 aliphatic heterocycles. The predicted molar refractivity (Wildman–Crippen MR) is 131 cm³/mol. The van der Waals surface area contributed by atoms with Crippen LogP contribution >= 0.6 is 24.0 Å². The molecule has 7 nitrogen and oxygen atoms in total. The molecule has 0 bridgehead atoms. The molecule has 0 unspecified atom stereocenters. The predicted octanol–water partition coefficient (Wildman–Crippen LogP) is 2.71. The Bertz CT molecular complexity index is 687. The fourth-order valence-electron chi connectivity index (χ4n) is 4.19. The molecule has 0 radical (unpaired) electrons. The molecule has 30 heavy (non-hydrogen) atoms. The zero-order chi connectivity index (χ0) is 20.7. The first kappa shape index (κ1) is 25.0. The first-order valence-corrected chi connectivity index (χ1v) is 10.8. The highest BCUT2D eigenvalue weighted by Gasteiger charge is 2.31. The van der Waals surface area contributed by atoms with E-state index < -0.39 is 5.60 Å². The minimum absolute atomic E-state index is 0. The molecule has 2 fully saturated rings. The maximum atomic E-state index is 10.6. The van der Waals surface area contributed by atoms with Crippen molar-refractivity contribution in [1.82, 2.24) is 15.1 Å². The summed E-state index contributed by atoms with van der Waals surface area (Å²) in [7, 11) is 3.33. The number of rotatable bonds is 7. The third-order valence-electron chi connectivity index (χ3n) is 5.92. The third kappa shape index (κ3) is 6.62. The Morgan fingerprint density at radius 1 is 1.10 bits per heavy atom. The molecule has 3 rings (SSSR count). The van der Waals surface area contributed by atoms with Gasteiger partial charge in [0.2, 0.25) is 0 Å². The number of ether oxygens (including phenoxy) is 2. The van der Waals surface area contributed by atoms with Gasteiger partial charge in [0, 0.05) is 39.3 Å². The van der Waals surface area contributed by atoms with Gasteiger partial charge >= 0.3 is 0 Å². The van der Waals surface area contributed by atoms with Gasteiger partial charge < -0.3 is 24.8 Å². The van der Waals surface area contributed by atoms with Gasteiger partial charge in [-0.05, 0) is 37.5 Å². The highest BCUT2D eigenvalue weighted by molar-refractivity contribution is 14.0. The van der Waals surface area contributed by atoms with Gasteiger partial charge in [-0.25, -0.2) is 0 Å². The van der Waals surface area contributed by atoms with Crippen LogP contribution in [-0.2, 0) is 6.54 Å². The summed E-state index contributed by atoms with van der Waals surface area (Å²) < 4.78 is 10.8. The van der Waals surface area contributed by atoms with E-state index >= 15 is 0 Å². The van der Waals surface area contributed by atoms with Crippen molar-refractivity contribution in [1.29, 1.82) is 0 Å². The summed E-state index contributed by atoms with van der Waals surface area (Å²) in [6, 6.07) is 6.12. The molecule has 1 aromatic carbocycles. The molecule has 1 saturated carbocycles. The van der Waals surface area contributed by atoms with Crippen LogP contribution in [0.1, 0.15) is 38.2 Å². The zero-order valence-electron chi connectivity index (χ0n) is 18.5. The van der Waals surface area contributed by atoms with Crippen molar-refractivity contribution < 1.29 is 14.6 Å². The monoisotopic (exact) mass is 532 g/mol. The molecule has 2 aliphatic rings. The highest BCUT2D eigenvalue weighted by Crippen LogP contribution is 2.30. The van der Waals surface area contributed by atoms with Gasteiger partial charge in [0.15, 0.2) is 17.5 Å². The van der Waals surface area contributed by atoms with Crippen molar-refractivity contribution >= 4 is 29.9 Å². The van der Waals surface area contributed by atoms with Crippen molar-refractivity contribution in [3.05, 3.63) is 23.8 Å². The molecular weight excluding hydrogens is 495 g/mol. The van der Waals surface area contributed by atoms with Crippen LogP contribution < -0.4 is 14.8 Å². The van der Waals surface area contributed by atoms with Crippen LogP contribution in [0, 0.1) is 0 Å². The Hall–Kier alpha value is -1.26. The lowest BCUT2D eigenvalue weighted by atomic mass is 10.0. The summed E-state index contributed by atoms with van der Waals surface area (Å²) in [5.41, 5.74) is 0.621. The summed E-state index contributed by atoms with van der Waals surface area (Å²) in [6.07, 6.45) is 3.96. The van der Waals surface area contributed by atoms with Crippen LogP contribution in [0.3, 0.4) is 0 Å². The maximum absolute atomic E-state index is 10.6. The van der Waals surface area contributed by atoms with Gasteiger partial charge in [0.25, 0.3) is 0 Å². The van der Waals surface area contributed by atoms with E-state index in [1.54, 1.807) is 14.2 Å². The Labute approximate surface area is 197 Å². The first-order chi connectivity index (χ1) is 14.1. The lowest BCUT2D eigenvalue weighted by Gasteiger charge is -2.37. The number of aliphatic hydroxyl groups is 1. The summed E-state index contributed by atoms with van der Waals surface area (Å²) >= 11 is 0. The maximum Gasteiger partial charge on any atom is 0.194 e. The number of guanidine groups is 1. The number of benzene rings is 1. The molecule has 170 valence electrons. The summed E-state index contributed by atoms with van der Waals surface area (Å²) in [6.45, 7) is 8.13. The Morgan fingerprint density at radius 3 is 2.37 bits per heavy atom. The standard InChI is InChI=1S/C22H36N4O3.HI/c1-4-23-21(24-17-22(27)9-5-6-10-22)26-13-11-25(12-14-26)16-18-7-8-19(28-2)20(15-18)29-3;/h7-8,15,27H,4-6,9-14,16-17H2,1-3H3,(H,23,24);1H. The molecule has 1 heterocycles. The van der Waals surface area contributed by atoms with Crippen LogP contribution in [0.4, 0.5) is 0 Å². The van der Waals surface area contributed by atoms with E-state index in [0.717, 1.165) is 82.4 Å². The normalized spacial score (nSPS) is 19.3. The first-order valence-electron chi connectivity index (χ1n) is 10.8. The van der Waals surface area contributed by atoms with Crippen LogP contribution in [0.5, 0.6) is 11.5 Å². The van der Waals surface area contributed by atoms with Gasteiger partial charge in [-0.2, -0.15) is 0 Å². The second-order valence-corrected chi connectivity index (χ2v) is 8.05. The number of nitrogens with zero attached hydrogens (tertiary/aromatic N) is 3. The van der Waals surface area contributed by atoms with Gasteiger partial charge in [0.05, 0.1) is 26.4 Å². The third-order valence-corrected chi connectivity index (χ3v) is 5.92. The quantitative estimate of drug-likeness (QED) is 0.320. The average molecular weight is 532 g/mol. The molecule has 0 aromatic heterocycles. The molecule has 0 amide bonds. The number of hydrogen-bond donors (Lipinski definition) is 2. The Kier molecular flexibility index (Phi) is 9.96. The smallest absolute Gasteiger partial charge is 0.194 e. The lowest BCUT2D eigenvalue weighted by molar-refractivity contribution is 0.0569. The van der Waals surface area contributed by atoms with E-state index in [4.69, 9.17) is 14.5 Å². The zero-order valence-corrected chi connectivity index (χ0v) is 20.9. The molecule has 0 spiro atoms. The van der Waals surface area contributed by atoms with E-state index in [9.17, 15) is 5.11 Å². The molecule has 1 aliphatic carbocycles. The molecule has 8 heteroatoms. The number of nitrogens with one attached hydrogen (secondary N) is 1. The minimum atomic E-state index is -0.601. The van der Waals surface area contributed by atoms with E-state index in [0.29, 0.717) is 6.54 Å². The molecule has 0 atom stereocenters. The fraction of sp³-hybridized carbons (Fsp3) is 0.682.